The Morgan fingerprint density at radius 3 is 3.00 bits per heavy atom. The molecule has 0 aromatic heterocycles. The quantitative estimate of drug-likeness (QED) is 0.787. The SMILES string of the molecule is NC(=S)c1c(F)cccc1N1CCN2C(=O)NCC2C1. The molecule has 1 unspecified atom stereocenters. The minimum atomic E-state index is -0.405. The Bertz CT molecular complexity index is 579. The standard InChI is InChI=1S/C13H15FN4OS/c14-9-2-1-3-10(11(9)12(15)20)17-4-5-18-8(7-17)6-16-13(18)19/h1-3,8H,4-7H2,(H2,15,20)(H,16,19). The maximum absolute atomic E-state index is 13.9. The molecule has 20 heavy (non-hydrogen) atoms. The largest absolute Gasteiger partial charge is 0.389 e. The lowest BCUT2D eigenvalue weighted by molar-refractivity contribution is 0.197. The number of carbonyl (C=O) groups is 1. The topological polar surface area (TPSA) is 61.6 Å². The van der Waals surface area contributed by atoms with Crippen LogP contribution in [0.1, 0.15) is 5.56 Å². The number of nitrogens with two attached hydrogens (primary N) is 1. The van der Waals surface area contributed by atoms with Gasteiger partial charge in [-0.25, -0.2) is 9.18 Å². The van der Waals surface area contributed by atoms with Crippen molar-refractivity contribution in [2.75, 3.05) is 31.1 Å². The van der Waals surface area contributed by atoms with Crippen molar-refractivity contribution in [1.82, 2.24) is 10.2 Å². The van der Waals surface area contributed by atoms with Gasteiger partial charge in [-0.2, -0.15) is 0 Å². The van der Waals surface area contributed by atoms with E-state index in [1.54, 1.807) is 6.07 Å². The van der Waals surface area contributed by atoms with Crippen LogP contribution in [-0.2, 0) is 0 Å². The van der Waals surface area contributed by atoms with Gasteiger partial charge in [-0.3, -0.25) is 0 Å². The van der Waals surface area contributed by atoms with E-state index in [-0.39, 0.29) is 22.6 Å². The average Bonchev–Trinajstić information content (AvgIpc) is 2.79. The van der Waals surface area contributed by atoms with Gasteiger partial charge in [0.1, 0.15) is 10.8 Å². The van der Waals surface area contributed by atoms with Gasteiger partial charge in [0.15, 0.2) is 0 Å². The van der Waals surface area contributed by atoms with Gasteiger partial charge in [-0.15, -0.1) is 0 Å². The number of thiocarbonyl (C=S) groups is 1. The molecule has 2 aliphatic rings. The fourth-order valence-electron chi connectivity index (χ4n) is 2.84. The number of halogens is 1. The van der Waals surface area contributed by atoms with Crippen molar-refractivity contribution in [3.8, 4) is 0 Å². The van der Waals surface area contributed by atoms with Gasteiger partial charge in [-0.05, 0) is 12.1 Å². The van der Waals surface area contributed by atoms with Crippen LogP contribution in [-0.4, -0.2) is 48.1 Å². The number of nitrogens with zero attached hydrogens (tertiary/aromatic N) is 2. The number of fused-ring (bicyclic) bond motifs is 1. The number of carbonyl (C=O) groups excluding carboxylic acids is 1. The van der Waals surface area contributed by atoms with E-state index in [2.05, 4.69) is 5.32 Å². The Hall–Kier alpha value is -1.89. The Labute approximate surface area is 121 Å². The van der Waals surface area contributed by atoms with Gasteiger partial charge in [0.25, 0.3) is 0 Å². The van der Waals surface area contributed by atoms with E-state index in [1.165, 1.54) is 6.07 Å². The summed E-state index contributed by atoms with van der Waals surface area (Å²) in [6, 6.07) is 4.91. The molecule has 2 heterocycles. The fourth-order valence-corrected chi connectivity index (χ4v) is 3.05. The van der Waals surface area contributed by atoms with Crippen molar-refractivity contribution in [1.29, 1.82) is 0 Å². The zero-order chi connectivity index (χ0) is 14.3. The molecule has 3 rings (SSSR count). The molecule has 2 aliphatic heterocycles. The minimum absolute atomic E-state index is 0.0246. The van der Waals surface area contributed by atoms with Gasteiger partial charge < -0.3 is 20.9 Å². The first-order valence-electron chi connectivity index (χ1n) is 6.45. The van der Waals surface area contributed by atoms with Crippen LogP contribution in [0, 0.1) is 5.82 Å². The number of hydrogen-bond acceptors (Lipinski definition) is 3. The third-order valence-electron chi connectivity index (χ3n) is 3.81. The van der Waals surface area contributed by atoms with Crippen LogP contribution in [0.25, 0.3) is 0 Å². The molecule has 5 nitrogen and oxygen atoms in total. The van der Waals surface area contributed by atoms with Crippen LogP contribution < -0.4 is 16.0 Å². The first-order valence-corrected chi connectivity index (χ1v) is 6.86. The maximum Gasteiger partial charge on any atom is 0.317 e. The van der Waals surface area contributed by atoms with Gasteiger partial charge in [0.2, 0.25) is 0 Å². The van der Waals surface area contributed by atoms with E-state index < -0.39 is 5.82 Å². The van der Waals surface area contributed by atoms with E-state index in [0.29, 0.717) is 31.9 Å². The number of urea groups is 1. The second-order valence-electron chi connectivity index (χ2n) is 4.98. The van der Waals surface area contributed by atoms with E-state index in [0.717, 1.165) is 0 Å². The van der Waals surface area contributed by atoms with Crippen molar-refractivity contribution in [2.45, 2.75) is 6.04 Å². The molecule has 2 fully saturated rings. The first-order chi connectivity index (χ1) is 9.58. The summed E-state index contributed by atoms with van der Waals surface area (Å²) in [7, 11) is 0. The highest BCUT2D eigenvalue weighted by Crippen LogP contribution is 2.26. The molecule has 106 valence electrons. The lowest BCUT2D eigenvalue weighted by Crippen LogP contribution is -2.52. The number of nitrogens with one attached hydrogen (secondary N) is 1. The molecule has 7 heteroatoms. The Balaban J connectivity index is 1.89. The van der Waals surface area contributed by atoms with Gasteiger partial charge in [0.05, 0.1) is 17.3 Å². The number of anilines is 1. The van der Waals surface area contributed by atoms with Crippen LogP contribution >= 0.6 is 12.2 Å². The molecule has 1 aromatic carbocycles. The summed E-state index contributed by atoms with van der Waals surface area (Å²) in [6.45, 7) is 2.53. The predicted molar refractivity (Wildman–Crippen MR) is 78.4 cm³/mol. The molecule has 0 spiro atoms. The summed E-state index contributed by atoms with van der Waals surface area (Å²) in [5.41, 5.74) is 6.63. The average molecular weight is 294 g/mol. The molecule has 1 aromatic rings. The van der Waals surface area contributed by atoms with Crippen molar-refractivity contribution in [2.24, 2.45) is 5.73 Å². The van der Waals surface area contributed by atoms with Crippen LogP contribution in [0.2, 0.25) is 0 Å². The number of amides is 2. The van der Waals surface area contributed by atoms with Crippen molar-refractivity contribution in [3.63, 3.8) is 0 Å². The van der Waals surface area contributed by atoms with Gasteiger partial charge >= 0.3 is 6.03 Å². The van der Waals surface area contributed by atoms with Crippen LogP contribution in [0.3, 0.4) is 0 Å². The van der Waals surface area contributed by atoms with Gasteiger partial charge in [0, 0.05) is 26.2 Å². The fraction of sp³-hybridized carbons (Fsp3) is 0.385. The number of piperazine rings is 1. The third-order valence-corrected chi connectivity index (χ3v) is 4.02. The minimum Gasteiger partial charge on any atom is -0.389 e. The highest BCUT2D eigenvalue weighted by Gasteiger charge is 2.36. The normalized spacial score (nSPS) is 21.6. The Morgan fingerprint density at radius 1 is 1.45 bits per heavy atom. The molecule has 3 N–H and O–H groups in total. The summed E-state index contributed by atoms with van der Waals surface area (Å²) in [4.78, 5) is 15.5. The monoisotopic (exact) mass is 294 g/mol. The summed E-state index contributed by atoms with van der Waals surface area (Å²) in [6.07, 6.45) is 0. The predicted octanol–water partition coefficient (Wildman–Crippen LogP) is 0.674. The molecule has 2 amide bonds. The van der Waals surface area contributed by atoms with Crippen LogP contribution in [0.5, 0.6) is 0 Å². The highest BCUT2D eigenvalue weighted by molar-refractivity contribution is 7.80. The summed E-state index contributed by atoms with van der Waals surface area (Å²) in [5, 5.41) is 2.82. The Morgan fingerprint density at radius 2 is 2.25 bits per heavy atom. The highest BCUT2D eigenvalue weighted by atomic mass is 32.1. The van der Waals surface area contributed by atoms with Gasteiger partial charge in [-0.1, -0.05) is 18.3 Å². The maximum atomic E-state index is 13.9. The van der Waals surface area contributed by atoms with Crippen molar-refractivity contribution < 1.29 is 9.18 Å². The molecular formula is C13H15FN4OS. The molecular weight excluding hydrogens is 279 g/mol. The zero-order valence-corrected chi connectivity index (χ0v) is 11.6. The smallest absolute Gasteiger partial charge is 0.317 e. The zero-order valence-electron chi connectivity index (χ0n) is 10.8. The Kier molecular flexibility index (Phi) is 3.21. The van der Waals surface area contributed by atoms with Crippen molar-refractivity contribution >= 4 is 28.9 Å². The molecule has 0 aliphatic carbocycles. The summed E-state index contributed by atoms with van der Waals surface area (Å²) >= 11 is 4.95. The van der Waals surface area contributed by atoms with Crippen LogP contribution in [0.4, 0.5) is 14.9 Å². The van der Waals surface area contributed by atoms with Crippen LogP contribution in [0.15, 0.2) is 18.2 Å². The van der Waals surface area contributed by atoms with E-state index in [1.807, 2.05) is 15.9 Å². The third kappa shape index (κ3) is 2.07. The summed E-state index contributed by atoms with van der Waals surface area (Å²) in [5.74, 6) is -0.405. The number of hydrogen-bond donors (Lipinski definition) is 2. The first kappa shape index (κ1) is 13.1. The lowest BCUT2D eigenvalue weighted by atomic mass is 10.1. The number of benzene rings is 1. The second kappa shape index (κ2) is 4.90. The van der Waals surface area contributed by atoms with Crippen molar-refractivity contribution in [3.05, 3.63) is 29.6 Å². The molecule has 0 radical (unpaired) electrons. The lowest BCUT2D eigenvalue weighted by Gasteiger charge is -2.38. The summed E-state index contributed by atoms with van der Waals surface area (Å²) < 4.78 is 13.9. The van der Waals surface area contributed by atoms with E-state index in [9.17, 15) is 9.18 Å². The molecule has 0 bridgehead atoms. The second-order valence-corrected chi connectivity index (χ2v) is 5.42. The molecule has 1 atom stereocenters. The number of rotatable bonds is 2. The van der Waals surface area contributed by atoms with E-state index >= 15 is 0 Å². The van der Waals surface area contributed by atoms with E-state index in [4.69, 9.17) is 18.0 Å². The molecule has 2 saturated heterocycles. The molecule has 0 saturated carbocycles.